The summed E-state index contributed by atoms with van der Waals surface area (Å²) in [6.07, 6.45) is 4.95. The van der Waals surface area contributed by atoms with Gasteiger partial charge in [-0.1, -0.05) is 25.1 Å². The van der Waals surface area contributed by atoms with Crippen LogP contribution in [-0.2, 0) is 25.0 Å². The monoisotopic (exact) mass is 271 g/mol. The van der Waals surface area contributed by atoms with Gasteiger partial charge in [-0.25, -0.2) is 4.98 Å². The van der Waals surface area contributed by atoms with E-state index in [1.54, 1.807) is 0 Å². The van der Waals surface area contributed by atoms with Crippen LogP contribution in [0.2, 0.25) is 0 Å². The molecule has 1 aliphatic rings. The molecule has 0 bridgehead atoms. The number of hydrogen-bond donors (Lipinski definition) is 1. The number of fused-ring (bicyclic) bond motifs is 1. The van der Waals surface area contributed by atoms with Gasteiger partial charge in [0.2, 0.25) is 0 Å². The molecule has 0 fully saturated rings. The van der Waals surface area contributed by atoms with Gasteiger partial charge in [0.25, 0.3) is 0 Å². The summed E-state index contributed by atoms with van der Waals surface area (Å²) in [4.78, 5) is 4.51. The first-order chi connectivity index (χ1) is 9.79. The van der Waals surface area contributed by atoms with Crippen molar-refractivity contribution in [3.63, 3.8) is 0 Å². The quantitative estimate of drug-likeness (QED) is 0.908. The molecule has 0 amide bonds. The van der Waals surface area contributed by atoms with E-state index < -0.39 is 0 Å². The van der Waals surface area contributed by atoms with E-state index in [1.165, 1.54) is 16.7 Å². The summed E-state index contributed by atoms with van der Waals surface area (Å²) in [7, 11) is 2.04. The van der Waals surface area contributed by atoms with Crippen molar-refractivity contribution in [2.75, 3.05) is 6.54 Å². The Bertz CT molecular complexity index is 591. The van der Waals surface area contributed by atoms with Crippen LogP contribution < -0.4 is 5.32 Å². The Labute approximate surface area is 119 Å². The highest BCUT2D eigenvalue weighted by atomic mass is 16.5. The molecule has 1 aliphatic heterocycles. The summed E-state index contributed by atoms with van der Waals surface area (Å²) >= 11 is 0. The van der Waals surface area contributed by atoms with Crippen molar-refractivity contribution in [2.24, 2.45) is 7.05 Å². The van der Waals surface area contributed by atoms with Gasteiger partial charge in [0.1, 0.15) is 5.82 Å². The predicted octanol–water partition coefficient (Wildman–Crippen LogP) is 2.54. The molecule has 0 spiro atoms. The second-order valence-electron chi connectivity index (χ2n) is 5.30. The molecule has 0 aliphatic carbocycles. The molecule has 0 saturated heterocycles. The van der Waals surface area contributed by atoms with Gasteiger partial charge in [0.15, 0.2) is 0 Å². The molecule has 106 valence electrons. The molecule has 3 rings (SSSR count). The maximum atomic E-state index is 5.50. The van der Waals surface area contributed by atoms with Crippen LogP contribution >= 0.6 is 0 Å². The van der Waals surface area contributed by atoms with Crippen LogP contribution in [-0.4, -0.2) is 16.1 Å². The lowest BCUT2D eigenvalue weighted by Crippen LogP contribution is -2.25. The molecule has 4 nitrogen and oxygen atoms in total. The number of hydrogen-bond acceptors (Lipinski definition) is 3. The normalized spacial score (nSPS) is 15.3. The molecular weight excluding hydrogens is 250 g/mol. The number of ether oxygens (including phenoxy) is 1. The van der Waals surface area contributed by atoms with E-state index in [0.29, 0.717) is 0 Å². The maximum Gasteiger partial charge on any atom is 0.130 e. The molecule has 20 heavy (non-hydrogen) atoms. The van der Waals surface area contributed by atoms with Crippen LogP contribution in [0.3, 0.4) is 0 Å². The Kier molecular flexibility index (Phi) is 3.85. The number of nitrogens with one attached hydrogen (secondary N) is 1. The molecule has 0 radical (unpaired) electrons. The number of imidazole rings is 1. The number of aromatic nitrogens is 2. The van der Waals surface area contributed by atoms with Crippen LogP contribution in [0.5, 0.6) is 0 Å². The average Bonchev–Trinajstić information content (AvgIpc) is 3.08. The van der Waals surface area contributed by atoms with Crippen LogP contribution in [0.1, 0.15) is 41.9 Å². The van der Waals surface area contributed by atoms with Gasteiger partial charge in [-0.15, -0.1) is 0 Å². The molecular formula is C16H21N3O. The second-order valence-corrected chi connectivity index (χ2v) is 5.30. The Morgan fingerprint density at radius 1 is 1.35 bits per heavy atom. The summed E-state index contributed by atoms with van der Waals surface area (Å²) in [5.41, 5.74) is 3.87. The minimum atomic E-state index is 0.140. The molecule has 1 unspecified atom stereocenters. The Balaban J connectivity index is 1.94. The first kappa shape index (κ1) is 13.3. The summed E-state index contributed by atoms with van der Waals surface area (Å²) in [5.74, 6) is 1.05. The van der Waals surface area contributed by atoms with Gasteiger partial charge < -0.3 is 14.6 Å². The van der Waals surface area contributed by atoms with E-state index in [2.05, 4.69) is 40.0 Å². The fourth-order valence-corrected chi connectivity index (χ4v) is 2.67. The smallest absolute Gasteiger partial charge is 0.130 e. The zero-order valence-corrected chi connectivity index (χ0v) is 12.1. The maximum absolute atomic E-state index is 5.50. The second kappa shape index (κ2) is 5.77. The molecule has 1 aromatic carbocycles. The Morgan fingerprint density at radius 2 is 2.20 bits per heavy atom. The lowest BCUT2D eigenvalue weighted by molar-refractivity contribution is 0.134. The molecule has 2 heterocycles. The van der Waals surface area contributed by atoms with Crippen molar-refractivity contribution in [3.05, 3.63) is 53.1 Å². The van der Waals surface area contributed by atoms with Gasteiger partial charge >= 0.3 is 0 Å². The third-order valence-electron chi connectivity index (χ3n) is 3.79. The van der Waals surface area contributed by atoms with E-state index >= 15 is 0 Å². The van der Waals surface area contributed by atoms with Crippen molar-refractivity contribution < 1.29 is 4.74 Å². The summed E-state index contributed by atoms with van der Waals surface area (Å²) in [6, 6.07) is 6.77. The van der Waals surface area contributed by atoms with Crippen LogP contribution in [0, 0.1) is 0 Å². The molecule has 1 N–H and O–H groups in total. The third kappa shape index (κ3) is 2.49. The van der Waals surface area contributed by atoms with E-state index in [1.807, 2.05) is 19.4 Å². The van der Waals surface area contributed by atoms with Gasteiger partial charge in [-0.3, -0.25) is 0 Å². The van der Waals surface area contributed by atoms with Crippen molar-refractivity contribution >= 4 is 0 Å². The van der Waals surface area contributed by atoms with Crippen LogP contribution in [0.25, 0.3) is 0 Å². The predicted molar refractivity (Wildman–Crippen MR) is 78.3 cm³/mol. The highest BCUT2D eigenvalue weighted by Gasteiger charge is 2.20. The van der Waals surface area contributed by atoms with Gasteiger partial charge in [0, 0.05) is 19.4 Å². The average molecular weight is 271 g/mol. The topological polar surface area (TPSA) is 39.1 Å². The van der Waals surface area contributed by atoms with E-state index in [0.717, 1.165) is 32.0 Å². The van der Waals surface area contributed by atoms with E-state index in [4.69, 9.17) is 4.74 Å². The van der Waals surface area contributed by atoms with E-state index in [9.17, 15) is 0 Å². The Hall–Kier alpha value is -1.65. The third-order valence-corrected chi connectivity index (χ3v) is 3.79. The van der Waals surface area contributed by atoms with Crippen molar-refractivity contribution in [2.45, 2.75) is 32.6 Å². The first-order valence-corrected chi connectivity index (χ1v) is 7.19. The fourth-order valence-electron chi connectivity index (χ4n) is 2.67. The number of rotatable bonds is 5. The number of aryl methyl sites for hydroxylation is 1. The van der Waals surface area contributed by atoms with Gasteiger partial charge in [0.05, 0.1) is 19.3 Å². The van der Waals surface area contributed by atoms with E-state index in [-0.39, 0.29) is 6.04 Å². The fraction of sp³-hybridized carbons (Fsp3) is 0.438. The summed E-state index contributed by atoms with van der Waals surface area (Å²) in [5, 5.41) is 3.60. The lowest BCUT2D eigenvalue weighted by Gasteiger charge is -2.19. The largest absolute Gasteiger partial charge is 0.372 e. The zero-order valence-electron chi connectivity index (χ0n) is 12.1. The first-order valence-electron chi connectivity index (χ1n) is 7.19. The standard InChI is InChI=1S/C16H21N3O/c1-3-6-17-15(16-18-7-8-19(16)2)12-4-5-13-10-20-11-14(13)9-12/h4-5,7-9,15,17H,3,6,10-11H2,1-2H3. The highest BCUT2D eigenvalue weighted by molar-refractivity contribution is 5.36. The minimum Gasteiger partial charge on any atom is -0.372 e. The molecule has 1 atom stereocenters. The highest BCUT2D eigenvalue weighted by Crippen LogP contribution is 2.26. The summed E-state index contributed by atoms with van der Waals surface area (Å²) in [6.45, 7) is 4.62. The zero-order chi connectivity index (χ0) is 13.9. The molecule has 0 saturated carbocycles. The number of benzene rings is 1. The van der Waals surface area contributed by atoms with Crippen molar-refractivity contribution in [1.29, 1.82) is 0 Å². The minimum absolute atomic E-state index is 0.140. The number of nitrogens with zero attached hydrogens (tertiary/aromatic N) is 2. The Morgan fingerprint density at radius 3 is 2.95 bits per heavy atom. The molecule has 4 heteroatoms. The van der Waals surface area contributed by atoms with Crippen molar-refractivity contribution in [1.82, 2.24) is 14.9 Å². The summed E-state index contributed by atoms with van der Waals surface area (Å²) < 4.78 is 7.58. The van der Waals surface area contributed by atoms with Crippen molar-refractivity contribution in [3.8, 4) is 0 Å². The SMILES string of the molecule is CCCNC(c1ccc2c(c1)COC2)c1nccn1C. The van der Waals surface area contributed by atoms with Gasteiger partial charge in [-0.05, 0) is 29.7 Å². The van der Waals surface area contributed by atoms with Crippen LogP contribution in [0.15, 0.2) is 30.6 Å². The molecule has 1 aromatic heterocycles. The lowest BCUT2D eigenvalue weighted by atomic mass is 10.0. The molecule has 2 aromatic rings. The van der Waals surface area contributed by atoms with Gasteiger partial charge in [-0.2, -0.15) is 0 Å². The van der Waals surface area contributed by atoms with Crippen LogP contribution in [0.4, 0.5) is 0 Å².